The molecule has 102 valence electrons. The molecule has 0 aromatic carbocycles. The molecule has 1 aliphatic heterocycles. The Labute approximate surface area is 117 Å². The summed E-state index contributed by atoms with van der Waals surface area (Å²) < 4.78 is 7.68. The highest BCUT2D eigenvalue weighted by Gasteiger charge is 2.20. The van der Waals surface area contributed by atoms with Gasteiger partial charge in [0.2, 0.25) is 0 Å². The monoisotopic (exact) mass is 279 g/mol. The van der Waals surface area contributed by atoms with Crippen molar-refractivity contribution in [1.82, 2.24) is 14.5 Å². The lowest BCUT2D eigenvalue weighted by molar-refractivity contribution is 0.0613. The molecule has 0 N–H and O–H groups in total. The van der Waals surface area contributed by atoms with Crippen molar-refractivity contribution in [3.8, 4) is 0 Å². The largest absolute Gasteiger partial charge is 0.381 e. The van der Waals surface area contributed by atoms with Crippen molar-refractivity contribution in [1.29, 1.82) is 0 Å². The fraction of sp³-hybridized carbons (Fsp3) is 0.571. The third kappa shape index (κ3) is 2.60. The summed E-state index contributed by atoms with van der Waals surface area (Å²) in [7, 11) is 0. The van der Waals surface area contributed by atoms with Crippen molar-refractivity contribution in [2.75, 3.05) is 13.2 Å². The summed E-state index contributed by atoms with van der Waals surface area (Å²) in [6.07, 6.45) is 5.84. The van der Waals surface area contributed by atoms with Gasteiger partial charge in [-0.25, -0.2) is 4.98 Å². The number of fused-ring (bicyclic) bond motifs is 1. The first kappa shape index (κ1) is 12.9. The van der Waals surface area contributed by atoms with Gasteiger partial charge in [-0.05, 0) is 31.7 Å². The first-order chi connectivity index (χ1) is 9.25. The lowest BCUT2D eigenvalue weighted by Gasteiger charge is -2.23. The molecular weight excluding hydrogens is 262 g/mol. The summed E-state index contributed by atoms with van der Waals surface area (Å²) in [6.45, 7) is 4.67. The van der Waals surface area contributed by atoms with Crippen LogP contribution in [-0.4, -0.2) is 27.7 Å². The average Bonchev–Trinajstić information content (AvgIpc) is 2.79. The number of pyridine rings is 1. The number of imidazole rings is 1. The van der Waals surface area contributed by atoms with E-state index in [1.807, 2.05) is 19.2 Å². The van der Waals surface area contributed by atoms with E-state index in [4.69, 9.17) is 16.3 Å². The van der Waals surface area contributed by atoms with Gasteiger partial charge in [0, 0.05) is 26.0 Å². The van der Waals surface area contributed by atoms with Crippen LogP contribution in [-0.2, 0) is 11.3 Å². The SMILES string of the molecule is CC(Cl)c1nc2cnccc2n1CC1CCOCC1. The molecule has 0 aliphatic carbocycles. The zero-order valence-corrected chi connectivity index (χ0v) is 11.8. The van der Waals surface area contributed by atoms with Crippen LogP contribution < -0.4 is 0 Å². The molecule has 4 nitrogen and oxygen atoms in total. The highest BCUT2D eigenvalue weighted by molar-refractivity contribution is 6.20. The number of aromatic nitrogens is 3. The molecule has 19 heavy (non-hydrogen) atoms. The second-order valence-corrected chi connectivity index (χ2v) is 5.77. The standard InChI is InChI=1S/C14H18ClN3O/c1-10(15)14-17-12-8-16-5-2-13(12)18(14)9-11-3-6-19-7-4-11/h2,5,8,10-11H,3-4,6-7,9H2,1H3. The first-order valence-electron chi connectivity index (χ1n) is 6.77. The van der Waals surface area contributed by atoms with Gasteiger partial charge in [-0.2, -0.15) is 0 Å². The molecule has 0 spiro atoms. The molecule has 3 heterocycles. The molecule has 0 radical (unpaired) electrons. The molecule has 1 atom stereocenters. The van der Waals surface area contributed by atoms with Gasteiger partial charge in [0.1, 0.15) is 11.3 Å². The Morgan fingerprint density at radius 2 is 2.26 bits per heavy atom. The highest BCUT2D eigenvalue weighted by atomic mass is 35.5. The van der Waals surface area contributed by atoms with Crippen LogP contribution in [0.1, 0.15) is 31.0 Å². The summed E-state index contributed by atoms with van der Waals surface area (Å²) in [5, 5.41) is -0.0905. The van der Waals surface area contributed by atoms with E-state index in [0.717, 1.165) is 49.5 Å². The van der Waals surface area contributed by atoms with Crippen molar-refractivity contribution in [3.63, 3.8) is 0 Å². The third-order valence-corrected chi connectivity index (χ3v) is 3.91. The predicted octanol–water partition coefficient (Wildman–Crippen LogP) is 3.16. The van der Waals surface area contributed by atoms with E-state index in [1.54, 1.807) is 6.20 Å². The minimum atomic E-state index is -0.0905. The average molecular weight is 280 g/mol. The first-order valence-corrected chi connectivity index (χ1v) is 7.21. The van der Waals surface area contributed by atoms with Crippen LogP contribution in [0.4, 0.5) is 0 Å². The smallest absolute Gasteiger partial charge is 0.127 e. The van der Waals surface area contributed by atoms with E-state index < -0.39 is 0 Å². The molecule has 3 rings (SSSR count). The topological polar surface area (TPSA) is 39.9 Å². The predicted molar refractivity (Wildman–Crippen MR) is 75.3 cm³/mol. The second-order valence-electron chi connectivity index (χ2n) is 5.12. The molecule has 1 saturated heterocycles. The van der Waals surface area contributed by atoms with Gasteiger partial charge in [0.15, 0.2) is 0 Å². The number of hydrogen-bond donors (Lipinski definition) is 0. The fourth-order valence-corrected chi connectivity index (χ4v) is 2.85. The summed E-state index contributed by atoms with van der Waals surface area (Å²) >= 11 is 6.27. The fourth-order valence-electron chi connectivity index (χ4n) is 2.68. The van der Waals surface area contributed by atoms with E-state index in [2.05, 4.69) is 14.5 Å². The Bertz CT molecular complexity index is 561. The van der Waals surface area contributed by atoms with Gasteiger partial charge in [-0.3, -0.25) is 4.98 Å². The Morgan fingerprint density at radius 1 is 1.47 bits per heavy atom. The van der Waals surface area contributed by atoms with Gasteiger partial charge >= 0.3 is 0 Å². The maximum absolute atomic E-state index is 6.27. The van der Waals surface area contributed by atoms with E-state index >= 15 is 0 Å². The van der Waals surface area contributed by atoms with E-state index in [1.165, 1.54) is 0 Å². The Hall–Kier alpha value is -1.13. The Balaban J connectivity index is 1.97. The lowest BCUT2D eigenvalue weighted by Crippen LogP contribution is -2.21. The summed E-state index contributed by atoms with van der Waals surface area (Å²) in [5.41, 5.74) is 2.06. The van der Waals surface area contributed by atoms with Crippen molar-refractivity contribution < 1.29 is 4.74 Å². The second kappa shape index (κ2) is 5.47. The molecule has 1 fully saturated rings. The molecule has 0 amide bonds. The van der Waals surface area contributed by atoms with Crippen LogP contribution in [0.3, 0.4) is 0 Å². The minimum Gasteiger partial charge on any atom is -0.381 e. The van der Waals surface area contributed by atoms with Crippen molar-refractivity contribution >= 4 is 22.6 Å². The van der Waals surface area contributed by atoms with E-state index in [-0.39, 0.29) is 5.38 Å². The zero-order chi connectivity index (χ0) is 13.2. The van der Waals surface area contributed by atoms with Gasteiger partial charge in [-0.1, -0.05) is 0 Å². The third-order valence-electron chi connectivity index (χ3n) is 3.72. The van der Waals surface area contributed by atoms with Crippen LogP contribution in [0, 0.1) is 5.92 Å². The van der Waals surface area contributed by atoms with Gasteiger partial charge in [0.05, 0.1) is 17.1 Å². The van der Waals surface area contributed by atoms with Crippen LogP contribution in [0.2, 0.25) is 0 Å². The van der Waals surface area contributed by atoms with Crippen LogP contribution in [0.5, 0.6) is 0 Å². The van der Waals surface area contributed by atoms with Gasteiger partial charge < -0.3 is 9.30 Å². The molecule has 2 aromatic heterocycles. The van der Waals surface area contributed by atoms with Crippen LogP contribution >= 0.6 is 11.6 Å². The number of alkyl halides is 1. The van der Waals surface area contributed by atoms with Crippen molar-refractivity contribution in [2.24, 2.45) is 5.92 Å². The van der Waals surface area contributed by atoms with Crippen molar-refractivity contribution in [2.45, 2.75) is 31.7 Å². The number of nitrogens with zero attached hydrogens (tertiary/aromatic N) is 3. The minimum absolute atomic E-state index is 0.0905. The Morgan fingerprint density at radius 3 is 3.00 bits per heavy atom. The molecule has 1 unspecified atom stereocenters. The van der Waals surface area contributed by atoms with Gasteiger partial charge in [0.25, 0.3) is 0 Å². The molecule has 1 aliphatic rings. The zero-order valence-electron chi connectivity index (χ0n) is 11.1. The maximum Gasteiger partial charge on any atom is 0.127 e. The Kier molecular flexibility index (Phi) is 3.71. The number of ether oxygens (including phenoxy) is 1. The normalized spacial score (nSPS) is 18.8. The number of halogens is 1. The maximum atomic E-state index is 6.27. The molecule has 5 heteroatoms. The van der Waals surface area contributed by atoms with E-state index in [0.29, 0.717) is 5.92 Å². The molecule has 2 aromatic rings. The molecular formula is C14H18ClN3O. The van der Waals surface area contributed by atoms with Crippen LogP contribution in [0.25, 0.3) is 11.0 Å². The quantitative estimate of drug-likeness (QED) is 0.810. The molecule has 0 bridgehead atoms. The summed E-state index contributed by atoms with van der Waals surface area (Å²) in [6, 6.07) is 2.02. The number of hydrogen-bond acceptors (Lipinski definition) is 3. The number of rotatable bonds is 3. The lowest BCUT2D eigenvalue weighted by atomic mass is 10.0. The van der Waals surface area contributed by atoms with Crippen molar-refractivity contribution in [3.05, 3.63) is 24.3 Å². The molecule has 0 saturated carbocycles. The van der Waals surface area contributed by atoms with E-state index in [9.17, 15) is 0 Å². The summed E-state index contributed by atoms with van der Waals surface area (Å²) in [4.78, 5) is 8.75. The highest BCUT2D eigenvalue weighted by Crippen LogP contribution is 2.27. The van der Waals surface area contributed by atoms with Crippen LogP contribution in [0.15, 0.2) is 18.5 Å². The summed E-state index contributed by atoms with van der Waals surface area (Å²) in [5.74, 6) is 1.59. The van der Waals surface area contributed by atoms with Gasteiger partial charge in [-0.15, -0.1) is 11.6 Å².